The zero-order chi connectivity index (χ0) is 13.5. The van der Waals surface area contributed by atoms with Crippen LogP contribution in [0.3, 0.4) is 0 Å². The average molecular weight is 259 g/mol. The van der Waals surface area contributed by atoms with Gasteiger partial charge in [-0.05, 0) is 31.4 Å². The van der Waals surface area contributed by atoms with E-state index in [1.54, 1.807) is 18.3 Å². The molecule has 5 nitrogen and oxygen atoms in total. The van der Waals surface area contributed by atoms with Crippen LogP contribution in [0.25, 0.3) is 5.65 Å². The number of aromatic carboxylic acids is 1. The number of fused-ring (bicyclic) bond motifs is 1. The van der Waals surface area contributed by atoms with E-state index in [4.69, 9.17) is 5.11 Å². The minimum Gasteiger partial charge on any atom is -0.478 e. The van der Waals surface area contributed by atoms with Crippen molar-refractivity contribution in [3.05, 3.63) is 29.7 Å². The highest BCUT2D eigenvalue weighted by atomic mass is 16.4. The highest BCUT2D eigenvalue weighted by Crippen LogP contribution is 2.42. The first-order chi connectivity index (χ1) is 9.16. The standard InChI is InChI=1S/C14H17N3O2/c1-2-14(7-3-4-8-14)13-16-15-11-6-5-10(12(18)19)9-17(11)13/h5-6,9H,2-4,7-8H2,1H3,(H,18,19). The third kappa shape index (κ3) is 1.80. The minimum absolute atomic E-state index is 0.0660. The van der Waals surface area contributed by atoms with Crippen molar-refractivity contribution in [3.63, 3.8) is 0 Å². The van der Waals surface area contributed by atoms with E-state index in [1.165, 1.54) is 12.8 Å². The van der Waals surface area contributed by atoms with E-state index in [9.17, 15) is 4.79 Å². The monoisotopic (exact) mass is 259 g/mol. The largest absolute Gasteiger partial charge is 0.478 e. The normalized spacial score (nSPS) is 17.9. The number of pyridine rings is 1. The number of aromatic nitrogens is 3. The van der Waals surface area contributed by atoms with Gasteiger partial charge in [0.15, 0.2) is 5.65 Å². The van der Waals surface area contributed by atoms with Gasteiger partial charge in [-0.15, -0.1) is 10.2 Å². The lowest BCUT2D eigenvalue weighted by atomic mass is 9.82. The molecule has 0 radical (unpaired) electrons. The molecular weight excluding hydrogens is 242 g/mol. The Labute approximate surface area is 111 Å². The summed E-state index contributed by atoms with van der Waals surface area (Å²) in [4.78, 5) is 11.1. The van der Waals surface area contributed by atoms with Gasteiger partial charge in [0.1, 0.15) is 5.82 Å². The summed E-state index contributed by atoms with van der Waals surface area (Å²) in [6.45, 7) is 2.17. The van der Waals surface area contributed by atoms with E-state index in [1.807, 2.05) is 4.40 Å². The van der Waals surface area contributed by atoms with Gasteiger partial charge in [0, 0.05) is 11.6 Å². The molecule has 0 aromatic carbocycles. The van der Waals surface area contributed by atoms with E-state index in [2.05, 4.69) is 17.1 Å². The van der Waals surface area contributed by atoms with Gasteiger partial charge in [-0.1, -0.05) is 19.8 Å². The van der Waals surface area contributed by atoms with Crippen LogP contribution < -0.4 is 0 Å². The van der Waals surface area contributed by atoms with E-state index >= 15 is 0 Å². The molecule has 5 heteroatoms. The predicted molar refractivity (Wildman–Crippen MR) is 70.4 cm³/mol. The molecule has 2 aromatic rings. The second kappa shape index (κ2) is 4.33. The van der Waals surface area contributed by atoms with Crippen molar-refractivity contribution in [2.75, 3.05) is 0 Å². The molecule has 0 amide bonds. The SMILES string of the molecule is CCC1(c2nnc3ccc(C(=O)O)cn23)CCCC1. The van der Waals surface area contributed by atoms with Crippen LogP contribution in [0.5, 0.6) is 0 Å². The summed E-state index contributed by atoms with van der Waals surface area (Å²) < 4.78 is 1.86. The Hall–Kier alpha value is -1.91. The van der Waals surface area contributed by atoms with Crippen molar-refractivity contribution in [1.29, 1.82) is 0 Å². The molecule has 2 aromatic heterocycles. The molecule has 2 heterocycles. The van der Waals surface area contributed by atoms with E-state index < -0.39 is 5.97 Å². The maximum absolute atomic E-state index is 11.1. The van der Waals surface area contributed by atoms with E-state index in [0.717, 1.165) is 30.7 Å². The molecule has 1 fully saturated rings. The van der Waals surface area contributed by atoms with Crippen LogP contribution in [0.4, 0.5) is 0 Å². The first-order valence-corrected chi connectivity index (χ1v) is 6.75. The summed E-state index contributed by atoms with van der Waals surface area (Å²) in [5, 5.41) is 17.6. The number of carboxylic acids is 1. The zero-order valence-corrected chi connectivity index (χ0v) is 11.0. The second-order valence-electron chi connectivity index (χ2n) is 5.32. The number of hydrogen-bond donors (Lipinski definition) is 1. The number of hydrogen-bond acceptors (Lipinski definition) is 3. The highest BCUT2D eigenvalue weighted by Gasteiger charge is 2.38. The maximum atomic E-state index is 11.1. The smallest absolute Gasteiger partial charge is 0.337 e. The van der Waals surface area contributed by atoms with Gasteiger partial charge in [-0.3, -0.25) is 4.40 Å². The molecule has 3 rings (SSSR count). The molecule has 0 aliphatic heterocycles. The molecule has 1 aliphatic rings. The second-order valence-corrected chi connectivity index (χ2v) is 5.32. The van der Waals surface area contributed by atoms with Gasteiger partial charge < -0.3 is 5.11 Å². The van der Waals surface area contributed by atoms with Gasteiger partial charge in [0.2, 0.25) is 0 Å². The van der Waals surface area contributed by atoms with Crippen molar-refractivity contribution in [2.45, 2.75) is 44.4 Å². The Morgan fingerprint density at radius 1 is 1.37 bits per heavy atom. The Morgan fingerprint density at radius 2 is 2.11 bits per heavy atom. The molecule has 1 aliphatic carbocycles. The summed E-state index contributed by atoms with van der Waals surface area (Å²) in [6.07, 6.45) is 7.31. The van der Waals surface area contributed by atoms with Crippen LogP contribution in [0.1, 0.15) is 55.2 Å². The summed E-state index contributed by atoms with van der Waals surface area (Å²) in [7, 11) is 0. The Kier molecular flexibility index (Phi) is 2.77. The third-order valence-corrected chi connectivity index (χ3v) is 4.36. The van der Waals surface area contributed by atoms with Crippen molar-refractivity contribution >= 4 is 11.6 Å². The number of rotatable bonds is 3. The highest BCUT2D eigenvalue weighted by molar-refractivity contribution is 5.87. The van der Waals surface area contributed by atoms with E-state index in [0.29, 0.717) is 0 Å². The van der Waals surface area contributed by atoms with Gasteiger partial charge >= 0.3 is 5.97 Å². The Balaban J connectivity index is 2.18. The van der Waals surface area contributed by atoms with Crippen molar-refractivity contribution in [3.8, 4) is 0 Å². The summed E-state index contributed by atoms with van der Waals surface area (Å²) in [5.74, 6) is 0.00382. The zero-order valence-electron chi connectivity index (χ0n) is 11.0. The van der Waals surface area contributed by atoms with Gasteiger partial charge in [-0.25, -0.2) is 4.79 Å². The lowest BCUT2D eigenvalue weighted by molar-refractivity contribution is 0.0696. The molecular formula is C14H17N3O2. The first kappa shape index (κ1) is 12.1. The van der Waals surface area contributed by atoms with Crippen LogP contribution in [0, 0.1) is 0 Å². The number of nitrogens with zero attached hydrogens (tertiary/aromatic N) is 3. The number of carboxylic acid groups (broad SMARTS) is 1. The molecule has 0 spiro atoms. The van der Waals surface area contributed by atoms with Crippen molar-refractivity contribution < 1.29 is 9.90 Å². The van der Waals surface area contributed by atoms with Crippen LogP contribution >= 0.6 is 0 Å². The molecule has 19 heavy (non-hydrogen) atoms. The van der Waals surface area contributed by atoms with Crippen LogP contribution in [-0.4, -0.2) is 25.7 Å². The van der Waals surface area contributed by atoms with Crippen LogP contribution in [0.15, 0.2) is 18.3 Å². The molecule has 100 valence electrons. The Morgan fingerprint density at radius 3 is 2.74 bits per heavy atom. The van der Waals surface area contributed by atoms with Crippen molar-refractivity contribution in [2.24, 2.45) is 0 Å². The quantitative estimate of drug-likeness (QED) is 0.920. The first-order valence-electron chi connectivity index (χ1n) is 6.75. The third-order valence-electron chi connectivity index (χ3n) is 4.36. The summed E-state index contributed by atoms with van der Waals surface area (Å²) in [6, 6.07) is 3.29. The number of carbonyl (C=O) groups is 1. The summed E-state index contributed by atoms with van der Waals surface area (Å²) in [5.41, 5.74) is 1.06. The lowest BCUT2D eigenvalue weighted by Gasteiger charge is -2.25. The maximum Gasteiger partial charge on any atom is 0.337 e. The summed E-state index contributed by atoms with van der Waals surface area (Å²) >= 11 is 0. The fraction of sp³-hybridized carbons (Fsp3) is 0.500. The molecule has 1 saturated carbocycles. The van der Waals surface area contributed by atoms with Crippen LogP contribution in [0.2, 0.25) is 0 Å². The minimum atomic E-state index is -0.918. The molecule has 0 atom stereocenters. The molecule has 0 bridgehead atoms. The van der Waals surface area contributed by atoms with Gasteiger partial charge in [0.25, 0.3) is 0 Å². The lowest BCUT2D eigenvalue weighted by Crippen LogP contribution is -2.24. The fourth-order valence-electron chi connectivity index (χ4n) is 3.17. The van der Waals surface area contributed by atoms with Crippen molar-refractivity contribution in [1.82, 2.24) is 14.6 Å². The molecule has 0 unspecified atom stereocenters. The van der Waals surface area contributed by atoms with Crippen LogP contribution in [-0.2, 0) is 5.41 Å². The Bertz CT molecular complexity index is 627. The fourth-order valence-corrected chi connectivity index (χ4v) is 3.17. The van der Waals surface area contributed by atoms with E-state index in [-0.39, 0.29) is 11.0 Å². The molecule has 1 N–H and O–H groups in total. The predicted octanol–water partition coefficient (Wildman–Crippen LogP) is 2.65. The molecule has 0 saturated heterocycles. The van der Waals surface area contributed by atoms with Gasteiger partial charge in [0.05, 0.1) is 5.56 Å². The topological polar surface area (TPSA) is 67.5 Å². The average Bonchev–Trinajstić information content (AvgIpc) is 3.04. The van der Waals surface area contributed by atoms with Gasteiger partial charge in [-0.2, -0.15) is 0 Å².